The van der Waals surface area contributed by atoms with Crippen molar-refractivity contribution in [3.8, 4) is 0 Å². The van der Waals surface area contributed by atoms with Crippen molar-refractivity contribution < 1.29 is 5.11 Å². The van der Waals surface area contributed by atoms with Gasteiger partial charge in [-0.3, -0.25) is 9.97 Å². The van der Waals surface area contributed by atoms with Gasteiger partial charge < -0.3 is 5.11 Å². The Hall–Kier alpha value is -1.74. The second-order valence-corrected chi connectivity index (χ2v) is 3.95. The molecule has 1 unspecified atom stereocenters. The van der Waals surface area contributed by atoms with Gasteiger partial charge in [0.25, 0.3) is 0 Å². The second-order valence-electron chi connectivity index (χ2n) is 3.95. The summed E-state index contributed by atoms with van der Waals surface area (Å²) in [7, 11) is 0. The Morgan fingerprint density at radius 2 is 1.81 bits per heavy atom. The van der Waals surface area contributed by atoms with Crippen LogP contribution in [0.15, 0.2) is 42.6 Å². The van der Waals surface area contributed by atoms with Crippen molar-refractivity contribution in [2.75, 3.05) is 0 Å². The van der Waals surface area contributed by atoms with Gasteiger partial charge in [0.2, 0.25) is 0 Å². The number of hydrogen-bond donors (Lipinski definition) is 1. The Morgan fingerprint density at radius 3 is 2.44 bits per heavy atom. The lowest BCUT2D eigenvalue weighted by Crippen LogP contribution is -2.25. The molecule has 0 aromatic carbocycles. The molecule has 2 aromatic heterocycles. The fourth-order valence-corrected chi connectivity index (χ4v) is 1.60. The summed E-state index contributed by atoms with van der Waals surface area (Å²) < 4.78 is 0. The summed E-state index contributed by atoms with van der Waals surface area (Å²) in [5, 5.41) is 10.5. The van der Waals surface area contributed by atoms with Gasteiger partial charge in [-0.15, -0.1) is 0 Å². The Kier molecular flexibility index (Phi) is 2.71. The van der Waals surface area contributed by atoms with Gasteiger partial charge in [0.1, 0.15) is 5.60 Å². The van der Waals surface area contributed by atoms with Gasteiger partial charge in [-0.1, -0.05) is 12.1 Å². The number of pyridine rings is 2. The summed E-state index contributed by atoms with van der Waals surface area (Å²) in [5.74, 6) is 0. The SMILES string of the molecule is Cc1cccc(C(C)(O)c2ccccn2)n1. The van der Waals surface area contributed by atoms with E-state index in [1.807, 2.05) is 37.3 Å². The predicted octanol–water partition coefficient (Wildman–Crippen LogP) is 2.04. The molecule has 2 aromatic rings. The molecule has 0 saturated carbocycles. The van der Waals surface area contributed by atoms with Crippen molar-refractivity contribution in [1.29, 1.82) is 0 Å². The molecule has 82 valence electrons. The van der Waals surface area contributed by atoms with Gasteiger partial charge in [0.15, 0.2) is 0 Å². The van der Waals surface area contributed by atoms with Gasteiger partial charge in [-0.25, -0.2) is 0 Å². The van der Waals surface area contributed by atoms with E-state index in [1.165, 1.54) is 0 Å². The van der Waals surface area contributed by atoms with Crippen LogP contribution in [-0.4, -0.2) is 15.1 Å². The molecule has 0 spiro atoms. The first kappa shape index (κ1) is 10.8. The van der Waals surface area contributed by atoms with Crippen molar-refractivity contribution in [3.63, 3.8) is 0 Å². The van der Waals surface area contributed by atoms with Crippen LogP contribution in [-0.2, 0) is 5.60 Å². The van der Waals surface area contributed by atoms with E-state index in [0.29, 0.717) is 11.4 Å². The molecule has 3 nitrogen and oxygen atoms in total. The number of rotatable bonds is 2. The van der Waals surface area contributed by atoms with Crippen LogP contribution in [0.2, 0.25) is 0 Å². The minimum absolute atomic E-state index is 0.605. The average Bonchev–Trinajstić information content (AvgIpc) is 2.30. The molecule has 1 atom stereocenters. The molecule has 0 aliphatic carbocycles. The lowest BCUT2D eigenvalue weighted by molar-refractivity contribution is 0.0925. The van der Waals surface area contributed by atoms with Gasteiger partial charge >= 0.3 is 0 Å². The number of aromatic nitrogens is 2. The number of aryl methyl sites for hydroxylation is 1. The molecular formula is C13H14N2O. The molecule has 0 fully saturated rings. The molecular weight excluding hydrogens is 200 g/mol. The summed E-state index contributed by atoms with van der Waals surface area (Å²) in [4.78, 5) is 8.50. The Labute approximate surface area is 94.8 Å². The Bertz CT molecular complexity index is 480. The van der Waals surface area contributed by atoms with Crippen LogP contribution in [0, 0.1) is 6.92 Å². The minimum atomic E-state index is -1.15. The van der Waals surface area contributed by atoms with Crippen LogP contribution >= 0.6 is 0 Å². The normalized spacial score (nSPS) is 14.4. The first-order valence-corrected chi connectivity index (χ1v) is 5.19. The van der Waals surface area contributed by atoms with E-state index in [-0.39, 0.29) is 0 Å². The maximum Gasteiger partial charge on any atom is 0.145 e. The van der Waals surface area contributed by atoms with Crippen LogP contribution in [0.1, 0.15) is 24.0 Å². The van der Waals surface area contributed by atoms with Crippen molar-refractivity contribution in [2.45, 2.75) is 19.4 Å². The maximum atomic E-state index is 10.5. The van der Waals surface area contributed by atoms with Gasteiger partial charge in [-0.2, -0.15) is 0 Å². The van der Waals surface area contributed by atoms with Crippen LogP contribution in [0.3, 0.4) is 0 Å². The summed E-state index contributed by atoms with van der Waals surface area (Å²) in [5.41, 5.74) is 0.959. The topological polar surface area (TPSA) is 46.0 Å². The van der Waals surface area contributed by atoms with Crippen molar-refractivity contribution >= 4 is 0 Å². The zero-order valence-electron chi connectivity index (χ0n) is 9.38. The standard InChI is InChI=1S/C13H14N2O/c1-10-6-5-8-12(15-10)13(2,16)11-7-3-4-9-14-11/h3-9,16H,1-2H3. The van der Waals surface area contributed by atoms with E-state index in [4.69, 9.17) is 0 Å². The molecule has 0 aliphatic heterocycles. The van der Waals surface area contributed by atoms with E-state index in [1.54, 1.807) is 19.2 Å². The third-order valence-electron chi connectivity index (χ3n) is 2.55. The highest BCUT2D eigenvalue weighted by Crippen LogP contribution is 2.25. The zero-order chi connectivity index (χ0) is 11.6. The number of aliphatic hydroxyl groups is 1. The van der Waals surface area contributed by atoms with E-state index in [9.17, 15) is 5.11 Å². The molecule has 1 N–H and O–H groups in total. The van der Waals surface area contributed by atoms with Crippen molar-refractivity contribution in [3.05, 3.63) is 59.7 Å². The molecule has 3 heteroatoms. The smallest absolute Gasteiger partial charge is 0.145 e. The maximum absolute atomic E-state index is 10.5. The molecule has 0 aliphatic rings. The monoisotopic (exact) mass is 214 g/mol. The second kappa shape index (κ2) is 4.02. The molecule has 0 bridgehead atoms. The number of nitrogens with zero attached hydrogens (tertiary/aromatic N) is 2. The summed E-state index contributed by atoms with van der Waals surface area (Å²) >= 11 is 0. The van der Waals surface area contributed by atoms with E-state index in [2.05, 4.69) is 9.97 Å². The highest BCUT2D eigenvalue weighted by Gasteiger charge is 2.28. The first-order chi connectivity index (χ1) is 7.60. The summed E-state index contributed by atoms with van der Waals surface area (Å²) in [6.07, 6.45) is 1.67. The van der Waals surface area contributed by atoms with Crippen molar-refractivity contribution in [1.82, 2.24) is 9.97 Å². The zero-order valence-corrected chi connectivity index (χ0v) is 9.38. The van der Waals surface area contributed by atoms with Crippen LogP contribution in [0.5, 0.6) is 0 Å². The quantitative estimate of drug-likeness (QED) is 0.832. The lowest BCUT2D eigenvalue weighted by atomic mass is 9.96. The highest BCUT2D eigenvalue weighted by molar-refractivity contribution is 5.26. The van der Waals surface area contributed by atoms with E-state index < -0.39 is 5.60 Å². The fraction of sp³-hybridized carbons (Fsp3) is 0.231. The molecule has 2 rings (SSSR count). The number of hydrogen-bond acceptors (Lipinski definition) is 3. The van der Waals surface area contributed by atoms with Gasteiger partial charge in [-0.05, 0) is 38.1 Å². The van der Waals surface area contributed by atoms with E-state index in [0.717, 1.165) is 5.69 Å². The molecule has 0 amide bonds. The van der Waals surface area contributed by atoms with Crippen LogP contribution < -0.4 is 0 Å². The van der Waals surface area contributed by atoms with Gasteiger partial charge in [0, 0.05) is 11.9 Å². The highest BCUT2D eigenvalue weighted by atomic mass is 16.3. The third kappa shape index (κ3) is 1.95. The van der Waals surface area contributed by atoms with Crippen molar-refractivity contribution in [2.24, 2.45) is 0 Å². The van der Waals surface area contributed by atoms with E-state index >= 15 is 0 Å². The molecule has 16 heavy (non-hydrogen) atoms. The largest absolute Gasteiger partial charge is 0.377 e. The minimum Gasteiger partial charge on any atom is -0.377 e. The Morgan fingerprint density at radius 1 is 1.06 bits per heavy atom. The average molecular weight is 214 g/mol. The lowest BCUT2D eigenvalue weighted by Gasteiger charge is -2.22. The third-order valence-corrected chi connectivity index (χ3v) is 2.55. The predicted molar refractivity (Wildman–Crippen MR) is 61.9 cm³/mol. The van der Waals surface area contributed by atoms with Gasteiger partial charge in [0.05, 0.1) is 11.4 Å². The molecule has 0 radical (unpaired) electrons. The van der Waals surface area contributed by atoms with Crippen LogP contribution in [0.25, 0.3) is 0 Å². The molecule has 0 saturated heterocycles. The summed E-state index contributed by atoms with van der Waals surface area (Å²) in [6.45, 7) is 3.61. The van der Waals surface area contributed by atoms with Crippen LogP contribution in [0.4, 0.5) is 0 Å². The fourth-order valence-electron chi connectivity index (χ4n) is 1.60. The Balaban J connectivity index is 2.47. The summed E-state index contributed by atoms with van der Waals surface area (Å²) in [6, 6.07) is 11.1. The first-order valence-electron chi connectivity index (χ1n) is 5.19. The molecule has 2 heterocycles.